The summed E-state index contributed by atoms with van der Waals surface area (Å²) in [6.07, 6.45) is 1.82. The van der Waals surface area contributed by atoms with Crippen LogP contribution in [0.4, 0.5) is 5.69 Å². The summed E-state index contributed by atoms with van der Waals surface area (Å²) in [6, 6.07) is 17.9. The first-order valence-corrected chi connectivity index (χ1v) is 11.4. The number of aromatic amines is 1. The normalized spacial score (nSPS) is 13.9. The molecule has 2 heterocycles. The first-order chi connectivity index (χ1) is 16.0. The Morgan fingerprint density at radius 3 is 2.52 bits per heavy atom. The molecule has 6 heteroatoms. The van der Waals surface area contributed by atoms with Gasteiger partial charge in [0.1, 0.15) is 5.69 Å². The number of fused-ring (bicyclic) bond motifs is 1. The van der Waals surface area contributed by atoms with Crippen molar-refractivity contribution < 1.29 is 9.59 Å². The molecule has 2 amide bonds. The summed E-state index contributed by atoms with van der Waals surface area (Å²) < 4.78 is 0. The number of H-pyrrole nitrogens is 1. The molecule has 0 radical (unpaired) electrons. The number of likely N-dealkylation sites (N-methyl/N-ethyl adjacent to an activating group) is 1. The summed E-state index contributed by atoms with van der Waals surface area (Å²) in [7, 11) is 0. The van der Waals surface area contributed by atoms with Crippen LogP contribution in [0, 0.1) is 6.92 Å². The molecule has 3 aromatic rings. The number of nitrogens with zero attached hydrogens (tertiary/aromatic N) is 1. The van der Waals surface area contributed by atoms with Gasteiger partial charge in [-0.1, -0.05) is 56.3 Å². The number of aromatic nitrogens is 1. The molecule has 0 atom stereocenters. The van der Waals surface area contributed by atoms with E-state index in [9.17, 15) is 9.59 Å². The van der Waals surface area contributed by atoms with Crippen LogP contribution in [0.2, 0.25) is 0 Å². The van der Waals surface area contributed by atoms with Gasteiger partial charge >= 0.3 is 0 Å². The Morgan fingerprint density at radius 1 is 1.03 bits per heavy atom. The zero-order valence-electron chi connectivity index (χ0n) is 19.4. The molecule has 0 saturated heterocycles. The third kappa shape index (κ3) is 4.91. The van der Waals surface area contributed by atoms with Crippen molar-refractivity contribution in [3.8, 4) is 11.1 Å². The molecule has 3 N–H and O–H groups in total. The third-order valence-electron chi connectivity index (χ3n) is 6.11. The second kappa shape index (κ2) is 9.88. The molecule has 1 aliphatic heterocycles. The van der Waals surface area contributed by atoms with E-state index < -0.39 is 0 Å². The molecule has 1 aliphatic rings. The van der Waals surface area contributed by atoms with Gasteiger partial charge < -0.3 is 20.5 Å². The average molecular weight is 443 g/mol. The minimum Gasteiger partial charge on any atom is -0.351 e. The summed E-state index contributed by atoms with van der Waals surface area (Å²) >= 11 is 0. The largest absolute Gasteiger partial charge is 0.351 e. The van der Waals surface area contributed by atoms with E-state index in [0.717, 1.165) is 53.3 Å². The predicted octanol–water partition coefficient (Wildman–Crippen LogP) is 4.55. The van der Waals surface area contributed by atoms with Gasteiger partial charge in [0.15, 0.2) is 0 Å². The van der Waals surface area contributed by atoms with E-state index in [-0.39, 0.29) is 11.8 Å². The van der Waals surface area contributed by atoms with E-state index in [1.165, 1.54) is 0 Å². The fraction of sp³-hybridized carbons (Fsp3) is 0.259. The maximum Gasteiger partial charge on any atom is 0.267 e. The first kappa shape index (κ1) is 22.6. The van der Waals surface area contributed by atoms with Crippen molar-refractivity contribution in [3.05, 3.63) is 77.1 Å². The molecule has 0 bridgehead atoms. The fourth-order valence-corrected chi connectivity index (χ4v) is 4.10. The van der Waals surface area contributed by atoms with E-state index in [4.69, 9.17) is 0 Å². The lowest BCUT2D eigenvalue weighted by Gasteiger charge is -2.17. The van der Waals surface area contributed by atoms with Crippen LogP contribution in [0.25, 0.3) is 22.8 Å². The summed E-state index contributed by atoms with van der Waals surface area (Å²) in [5.41, 5.74) is 6.57. The number of hydrogen-bond donors (Lipinski definition) is 3. The van der Waals surface area contributed by atoms with Crippen LogP contribution in [0.5, 0.6) is 0 Å². The van der Waals surface area contributed by atoms with Gasteiger partial charge in [-0.25, -0.2) is 0 Å². The Kier molecular flexibility index (Phi) is 6.75. The number of carbonyl (C=O) groups is 2. The van der Waals surface area contributed by atoms with Crippen LogP contribution in [0.15, 0.2) is 54.6 Å². The zero-order valence-corrected chi connectivity index (χ0v) is 19.4. The molecule has 170 valence electrons. The summed E-state index contributed by atoms with van der Waals surface area (Å²) in [5, 5.41) is 5.94. The standard InChI is InChI=1S/C27H30N4O2/c1-4-31(5-2)14-13-28-27(33)25-15-18(3)23(29-25)17-22-21-12-11-20(16-24(21)30-26(22)32)19-9-7-6-8-10-19/h6-12,15-17,29H,4-5,13-14H2,1-3H3,(H,28,33)(H,30,32)/b22-17-. The van der Waals surface area contributed by atoms with Gasteiger partial charge in [-0.3, -0.25) is 9.59 Å². The number of hydrogen-bond acceptors (Lipinski definition) is 3. The molecule has 0 saturated carbocycles. The quantitative estimate of drug-likeness (QED) is 0.448. The van der Waals surface area contributed by atoms with Gasteiger partial charge in [0.2, 0.25) is 0 Å². The second-order valence-electron chi connectivity index (χ2n) is 8.20. The van der Waals surface area contributed by atoms with Gasteiger partial charge in [0.05, 0.1) is 5.57 Å². The van der Waals surface area contributed by atoms with Crippen LogP contribution < -0.4 is 10.6 Å². The van der Waals surface area contributed by atoms with Crippen LogP contribution in [-0.2, 0) is 4.79 Å². The highest BCUT2D eigenvalue weighted by Gasteiger charge is 2.25. The number of carbonyl (C=O) groups excluding carboxylic acids is 2. The van der Waals surface area contributed by atoms with Gasteiger partial charge in [0, 0.05) is 30.0 Å². The van der Waals surface area contributed by atoms with Crippen LogP contribution in [0.1, 0.15) is 41.2 Å². The Balaban J connectivity index is 1.53. The van der Waals surface area contributed by atoms with Crippen LogP contribution >= 0.6 is 0 Å². The lowest BCUT2D eigenvalue weighted by Crippen LogP contribution is -2.34. The molecule has 4 rings (SSSR count). The smallest absolute Gasteiger partial charge is 0.267 e. The Hall–Kier alpha value is -3.64. The molecule has 1 aromatic heterocycles. The van der Waals surface area contributed by atoms with E-state index in [1.54, 1.807) is 0 Å². The number of anilines is 1. The monoisotopic (exact) mass is 442 g/mol. The molecule has 33 heavy (non-hydrogen) atoms. The van der Waals surface area contributed by atoms with E-state index in [0.29, 0.717) is 17.8 Å². The molecule has 0 unspecified atom stereocenters. The van der Waals surface area contributed by atoms with E-state index >= 15 is 0 Å². The van der Waals surface area contributed by atoms with Crippen LogP contribution in [0.3, 0.4) is 0 Å². The SMILES string of the molecule is CCN(CC)CCNC(=O)c1cc(C)c(/C=C2\C(=O)Nc3cc(-c4ccccc4)ccc32)[nH]1. The molecular formula is C27H30N4O2. The van der Waals surface area contributed by atoms with Gasteiger partial charge in [0.25, 0.3) is 11.8 Å². The Labute approximate surface area is 194 Å². The van der Waals surface area contributed by atoms with Crippen molar-refractivity contribution in [2.75, 3.05) is 31.5 Å². The highest BCUT2D eigenvalue weighted by Crippen LogP contribution is 2.36. The number of aryl methyl sites for hydroxylation is 1. The Bertz CT molecular complexity index is 1190. The molecule has 6 nitrogen and oxygen atoms in total. The molecule has 0 fully saturated rings. The molecule has 0 spiro atoms. The van der Waals surface area contributed by atoms with Crippen molar-refractivity contribution in [2.45, 2.75) is 20.8 Å². The highest BCUT2D eigenvalue weighted by atomic mass is 16.2. The first-order valence-electron chi connectivity index (χ1n) is 11.4. The maximum atomic E-state index is 12.7. The van der Waals surface area contributed by atoms with Crippen LogP contribution in [-0.4, -0.2) is 47.9 Å². The van der Waals surface area contributed by atoms with Crippen molar-refractivity contribution in [1.82, 2.24) is 15.2 Å². The maximum absolute atomic E-state index is 12.7. The van der Waals surface area contributed by atoms with Crippen molar-refractivity contribution >= 4 is 29.2 Å². The third-order valence-corrected chi connectivity index (χ3v) is 6.11. The van der Waals surface area contributed by atoms with Crippen molar-refractivity contribution in [1.29, 1.82) is 0 Å². The Morgan fingerprint density at radius 2 is 1.79 bits per heavy atom. The lowest BCUT2D eigenvalue weighted by molar-refractivity contribution is -0.110. The summed E-state index contributed by atoms with van der Waals surface area (Å²) in [6.45, 7) is 9.48. The molecular weight excluding hydrogens is 412 g/mol. The number of amides is 2. The van der Waals surface area contributed by atoms with Crippen molar-refractivity contribution in [2.24, 2.45) is 0 Å². The predicted molar refractivity (Wildman–Crippen MR) is 134 cm³/mol. The lowest BCUT2D eigenvalue weighted by atomic mass is 10.00. The van der Waals surface area contributed by atoms with Gasteiger partial charge in [-0.05, 0) is 54.9 Å². The number of rotatable bonds is 8. The summed E-state index contributed by atoms with van der Waals surface area (Å²) in [4.78, 5) is 30.7. The van der Waals surface area contributed by atoms with Gasteiger partial charge in [-0.15, -0.1) is 0 Å². The zero-order chi connectivity index (χ0) is 23.4. The number of benzene rings is 2. The minimum absolute atomic E-state index is 0.140. The van der Waals surface area contributed by atoms with Crippen molar-refractivity contribution in [3.63, 3.8) is 0 Å². The minimum atomic E-state index is -0.144. The second-order valence-corrected chi connectivity index (χ2v) is 8.20. The topological polar surface area (TPSA) is 77.2 Å². The van der Waals surface area contributed by atoms with E-state index in [1.807, 2.05) is 67.6 Å². The molecule has 0 aliphatic carbocycles. The van der Waals surface area contributed by atoms with Gasteiger partial charge in [-0.2, -0.15) is 0 Å². The van der Waals surface area contributed by atoms with E-state index in [2.05, 4.69) is 34.4 Å². The summed E-state index contributed by atoms with van der Waals surface area (Å²) in [5.74, 6) is -0.284. The molecule has 2 aromatic carbocycles. The fourth-order valence-electron chi connectivity index (χ4n) is 4.10. The average Bonchev–Trinajstić information content (AvgIpc) is 3.36. The number of nitrogens with one attached hydrogen (secondary N) is 3. The highest BCUT2D eigenvalue weighted by molar-refractivity contribution is 6.35.